The van der Waals surface area contributed by atoms with Crippen molar-refractivity contribution >= 4 is 11.8 Å². The van der Waals surface area contributed by atoms with Gasteiger partial charge < -0.3 is 14.4 Å². The van der Waals surface area contributed by atoms with Crippen LogP contribution >= 0.6 is 0 Å². The molecule has 2 aromatic carbocycles. The van der Waals surface area contributed by atoms with E-state index in [1.807, 2.05) is 84.3 Å². The Morgan fingerprint density at radius 1 is 1.08 bits per heavy atom. The third-order valence-electron chi connectivity index (χ3n) is 3.45. The molecule has 2 aromatic rings. The lowest BCUT2D eigenvalue weighted by Crippen LogP contribution is -2.27. The van der Waals surface area contributed by atoms with Gasteiger partial charge in [-0.15, -0.1) is 0 Å². The summed E-state index contributed by atoms with van der Waals surface area (Å²) in [6.45, 7) is 8.22. The van der Waals surface area contributed by atoms with Gasteiger partial charge in [0.05, 0.1) is 5.69 Å². The van der Waals surface area contributed by atoms with Crippen molar-refractivity contribution in [1.29, 1.82) is 0 Å². The van der Waals surface area contributed by atoms with E-state index < -0.39 is 11.7 Å². The number of anilines is 1. The topological polar surface area (TPSA) is 50.8 Å². The number of hydrogen-bond donors (Lipinski definition) is 1. The Bertz CT molecular complexity index is 764. The molecular formula is C21H28N2O3. The van der Waals surface area contributed by atoms with E-state index in [0.29, 0.717) is 11.4 Å². The zero-order valence-electron chi connectivity index (χ0n) is 16.4. The van der Waals surface area contributed by atoms with Crippen LogP contribution in [0.4, 0.5) is 10.5 Å². The van der Waals surface area contributed by atoms with Crippen molar-refractivity contribution in [3.8, 4) is 11.5 Å². The molecule has 0 aliphatic rings. The van der Waals surface area contributed by atoms with Crippen LogP contribution in [-0.4, -0.2) is 30.7 Å². The summed E-state index contributed by atoms with van der Waals surface area (Å²) in [7, 11) is 4.02. The fourth-order valence-electron chi connectivity index (χ4n) is 2.44. The van der Waals surface area contributed by atoms with Crippen molar-refractivity contribution in [2.75, 3.05) is 19.4 Å². The molecule has 0 saturated heterocycles. The number of hydrogen-bond acceptors (Lipinski definition) is 4. The van der Waals surface area contributed by atoms with Crippen molar-refractivity contribution in [1.82, 2.24) is 4.90 Å². The Balaban J connectivity index is 2.27. The minimum absolute atomic E-state index is 0.505. The number of rotatable bonds is 5. The molecule has 0 saturated carbocycles. The highest BCUT2D eigenvalue weighted by molar-refractivity contribution is 5.87. The molecule has 5 nitrogen and oxygen atoms in total. The van der Waals surface area contributed by atoms with E-state index in [4.69, 9.17) is 9.47 Å². The van der Waals surface area contributed by atoms with Crippen LogP contribution in [0.15, 0.2) is 42.5 Å². The quantitative estimate of drug-likeness (QED) is 0.800. The van der Waals surface area contributed by atoms with Crippen LogP contribution in [-0.2, 0) is 11.3 Å². The van der Waals surface area contributed by atoms with E-state index in [9.17, 15) is 4.79 Å². The first-order valence-corrected chi connectivity index (χ1v) is 8.65. The van der Waals surface area contributed by atoms with Crippen LogP contribution < -0.4 is 10.1 Å². The first-order chi connectivity index (χ1) is 12.1. The highest BCUT2D eigenvalue weighted by Crippen LogP contribution is 2.33. The van der Waals surface area contributed by atoms with Crippen LogP contribution in [0.2, 0.25) is 0 Å². The molecule has 0 heterocycles. The van der Waals surface area contributed by atoms with Crippen LogP contribution in [0.3, 0.4) is 0 Å². The number of benzene rings is 2. The first kappa shape index (κ1) is 19.8. The molecule has 5 heteroatoms. The largest absolute Gasteiger partial charge is 0.455 e. The maximum absolute atomic E-state index is 12.2. The number of amides is 1. The summed E-state index contributed by atoms with van der Waals surface area (Å²) in [6.07, 6.45) is -0.505. The van der Waals surface area contributed by atoms with Crippen LogP contribution in [0.1, 0.15) is 31.9 Å². The summed E-state index contributed by atoms with van der Waals surface area (Å²) >= 11 is 0. The zero-order chi connectivity index (χ0) is 19.3. The molecule has 0 atom stereocenters. The molecule has 0 aromatic heterocycles. The highest BCUT2D eigenvalue weighted by atomic mass is 16.6. The number of carbonyl (C=O) groups is 1. The van der Waals surface area contributed by atoms with Gasteiger partial charge in [0, 0.05) is 12.1 Å². The average molecular weight is 356 g/mol. The minimum atomic E-state index is -0.562. The lowest BCUT2D eigenvalue weighted by Gasteiger charge is -2.21. The van der Waals surface area contributed by atoms with Crippen LogP contribution in [0.25, 0.3) is 0 Å². The Kier molecular flexibility index (Phi) is 6.27. The molecule has 1 N–H and O–H groups in total. The third-order valence-corrected chi connectivity index (χ3v) is 3.45. The van der Waals surface area contributed by atoms with Crippen molar-refractivity contribution in [2.45, 2.75) is 39.8 Å². The summed E-state index contributed by atoms with van der Waals surface area (Å²) in [6, 6.07) is 13.6. The fraction of sp³-hybridized carbons (Fsp3) is 0.381. The second-order valence-corrected chi connectivity index (χ2v) is 7.57. The summed E-state index contributed by atoms with van der Waals surface area (Å²) in [5.41, 5.74) is 2.11. The maximum atomic E-state index is 12.2. The monoisotopic (exact) mass is 356 g/mol. The van der Waals surface area contributed by atoms with Gasteiger partial charge in [-0.1, -0.05) is 24.3 Å². The summed E-state index contributed by atoms with van der Waals surface area (Å²) in [4.78, 5) is 14.2. The van der Waals surface area contributed by atoms with Gasteiger partial charge >= 0.3 is 6.09 Å². The number of aryl methyl sites for hydroxylation is 1. The normalized spacial score (nSPS) is 11.3. The second kappa shape index (κ2) is 8.23. The highest BCUT2D eigenvalue weighted by Gasteiger charge is 2.18. The summed E-state index contributed by atoms with van der Waals surface area (Å²) < 4.78 is 11.5. The SMILES string of the molecule is Cc1ccc(Oc2ccccc2CN(C)C)c(NC(=O)OC(C)(C)C)c1. The zero-order valence-corrected chi connectivity index (χ0v) is 16.4. The van der Waals surface area contributed by atoms with Gasteiger partial charge in [0.2, 0.25) is 0 Å². The molecule has 0 unspecified atom stereocenters. The van der Waals surface area contributed by atoms with E-state index in [1.165, 1.54) is 0 Å². The lowest BCUT2D eigenvalue weighted by molar-refractivity contribution is 0.0635. The smallest absolute Gasteiger partial charge is 0.412 e. The molecule has 2 rings (SSSR count). The van der Waals surface area contributed by atoms with Gasteiger partial charge in [-0.2, -0.15) is 0 Å². The van der Waals surface area contributed by atoms with Gasteiger partial charge in [-0.3, -0.25) is 5.32 Å². The van der Waals surface area contributed by atoms with Gasteiger partial charge in [0.15, 0.2) is 5.75 Å². The molecule has 26 heavy (non-hydrogen) atoms. The molecule has 0 fully saturated rings. The Morgan fingerprint density at radius 2 is 1.77 bits per heavy atom. The fourth-order valence-corrected chi connectivity index (χ4v) is 2.44. The molecule has 0 bridgehead atoms. The second-order valence-electron chi connectivity index (χ2n) is 7.57. The van der Waals surface area contributed by atoms with Crippen LogP contribution in [0.5, 0.6) is 11.5 Å². The Hall–Kier alpha value is -2.53. The molecular weight excluding hydrogens is 328 g/mol. The predicted molar refractivity (Wildman–Crippen MR) is 105 cm³/mol. The molecule has 0 spiro atoms. The van der Waals surface area contributed by atoms with E-state index in [2.05, 4.69) is 10.2 Å². The molecule has 0 aliphatic heterocycles. The lowest BCUT2D eigenvalue weighted by atomic mass is 10.1. The van der Waals surface area contributed by atoms with Gasteiger partial charge in [-0.25, -0.2) is 4.79 Å². The van der Waals surface area contributed by atoms with Gasteiger partial charge in [-0.05, 0) is 65.6 Å². The van der Waals surface area contributed by atoms with Crippen molar-refractivity contribution in [2.24, 2.45) is 0 Å². The number of ether oxygens (including phenoxy) is 2. The molecule has 1 amide bonds. The number of para-hydroxylation sites is 1. The van der Waals surface area contributed by atoms with Crippen LogP contribution in [0, 0.1) is 6.92 Å². The molecule has 0 radical (unpaired) electrons. The Labute approximate surface area is 155 Å². The van der Waals surface area contributed by atoms with Gasteiger partial charge in [0.1, 0.15) is 11.4 Å². The standard InChI is InChI=1S/C21H28N2O3/c1-15-11-12-19(17(13-15)22-20(24)26-21(2,3)4)25-18-10-8-7-9-16(18)14-23(5)6/h7-13H,14H2,1-6H3,(H,22,24). The first-order valence-electron chi connectivity index (χ1n) is 8.65. The minimum Gasteiger partial charge on any atom is -0.455 e. The van der Waals surface area contributed by atoms with Crippen molar-refractivity contribution in [3.05, 3.63) is 53.6 Å². The predicted octanol–water partition coefficient (Wildman–Crippen LogP) is 5.20. The van der Waals surface area contributed by atoms with Gasteiger partial charge in [0.25, 0.3) is 0 Å². The summed E-state index contributed by atoms with van der Waals surface area (Å²) in [5.74, 6) is 1.34. The number of carbonyl (C=O) groups excluding carboxylic acids is 1. The Morgan fingerprint density at radius 3 is 2.42 bits per heavy atom. The van der Waals surface area contributed by atoms with E-state index in [0.717, 1.165) is 23.4 Å². The van der Waals surface area contributed by atoms with E-state index in [1.54, 1.807) is 0 Å². The number of nitrogens with one attached hydrogen (secondary N) is 1. The van der Waals surface area contributed by atoms with E-state index >= 15 is 0 Å². The molecule has 140 valence electrons. The number of nitrogens with zero attached hydrogens (tertiary/aromatic N) is 1. The average Bonchev–Trinajstić information content (AvgIpc) is 2.49. The summed E-state index contributed by atoms with van der Waals surface area (Å²) in [5, 5.41) is 2.79. The van der Waals surface area contributed by atoms with E-state index in [-0.39, 0.29) is 0 Å². The molecule has 0 aliphatic carbocycles. The maximum Gasteiger partial charge on any atom is 0.412 e. The van der Waals surface area contributed by atoms with Crippen molar-refractivity contribution < 1.29 is 14.3 Å². The third kappa shape index (κ3) is 6.08. The van der Waals surface area contributed by atoms with Crippen molar-refractivity contribution in [3.63, 3.8) is 0 Å².